The Morgan fingerprint density at radius 1 is 1.14 bits per heavy atom. The van der Waals surface area contributed by atoms with Crippen molar-refractivity contribution in [3.63, 3.8) is 0 Å². The maximum absolute atomic E-state index is 11.4. The molecule has 0 aromatic heterocycles. The SMILES string of the molecule is C=C(C)C(=O)NCC[N+](C)(C)CC(O)C[N+](C)(C)C.[Cl-].[Cl-]. The van der Waals surface area contributed by atoms with Gasteiger partial charge < -0.3 is 44.2 Å². The van der Waals surface area contributed by atoms with Crippen LogP contribution in [-0.4, -0.2) is 87.5 Å². The van der Waals surface area contributed by atoms with E-state index in [1.165, 1.54) is 0 Å². The van der Waals surface area contributed by atoms with Gasteiger partial charge in [0.2, 0.25) is 5.91 Å². The second-order valence-corrected chi connectivity index (χ2v) is 7.00. The molecule has 0 aliphatic heterocycles. The number of halogens is 2. The zero-order valence-electron chi connectivity index (χ0n) is 14.1. The van der Waals surface area contributed by atoms with E-state index in [1.807, 2.05) is 0 Å². The summed E-state index contributed by atoms with van der Waals surface area (Å²) in [5.41, 5.74) is 0.523. The van der Waals surface area contributed by atoms with Gasteiger partial charge in [-0.3, -0.25) is 4.79 Å². The van der Waals surface area contributed by atoms with E-state index in [9.17, 15) is 9.90 Å². The van der Waals surface area contributed by atoms with Crippen LogP contribution in [0.1, 0.15) is 6.92 Å². The first kappa shape index (κ1) is 25.6. The Morgan fingerprint density at radius 2 is 1.62 bits per heavy atom. The number of quaternary nitrogens is 2. The fraction of sp³-hybridized carbons (Fsp3) is 0.786. The minimum atomic E-state index is -0.341. The second kappa shape index (κ2) is 10.4. The van der Waals surface area contributed by atoms with Crippen molar-refractivity contribution in [3.8, 4) is 0 Å². The lowest BCUT2D eigenvalue weighted by Crippen LogP contribution is -3.00. The van der Waals surface area contributed by atoms with Crippen LogP contribution in [0.4, 0.5) is 0 Å². The summed E-state index contributed by atoms with van der Waals surface area (Å²) in [6.45, 7) is 8.07. The Kier molecular flexibility index (Phi) is 12.7. The average Bonchev–Trinajstić information content (AvgIpc) is 2.12. The molecule has 21 heavy (non-hydrogen) atoms. The molecule has 1 atom stereocenters. The Balaban J connectivity index is -0.00000162. The second-order valence-electron chi connectivity index (χ2n) is 7.00. The molecule has 0 spiro atoms. The normalized spacial score (nSPS) is 12.7. The lowest BCUT2D eigenvalue weighted by atomic mass is 10.2. The number of nitrogens with zero attached hydrogens (tertiary/aromatic N) is 2. The number of likely N-dealkylation sites (N-methyl/N-ethyl adjacent to an activating group) is 2. The minimum Gasteiger partial charge on any atom is -1.00 e. The molecule has 0 saturated heterocycles. The summed E-state index contributed by atoms with van der Waals surface area (Å²) in [6, 6.07) is 0. The molecule has 0 fully saturated rings. The largest absolute Gasteiger partial charge is 1.00 e. The van der Waals surface area contributed by atoms with Gasteiger partial charge in [0.15, 0.2) is 6.10 Å². The van der Waals surface area contributed by atoms with Crippen LogP contribution in [0.5, 0.6) is 0 Å². The highest BCUT2D eigenvalue weighted by molar-refractivity contribution is 5.91. The van der Waals surface area contributed by atoms with E-state index in [4.69, 9.17) is 0 Å². The highest BCUT2D eigenvalue weighted by Gasteiger charge is 2.24. The quantitative estimate of drug-likeness (QED) is 0.340. The van der Waals surface area contributed by atoms with Gasteiger partial charge in [-0.1, -0.05) is 6.58 Å². The van der Waals surface area contributed by atoms with Crippen molar-refractivity contribution in [3.05, 3.63) is 12.2 Å². The number of rotatable bonds is 8. The molecular weight excluding hydrogens is 313 g/mol. The van der Waals surface area contributed by atoms with Crippen molar-refractivity contribution < 1.29 is 43.7 Å². The molecule has 7 heteroatoms. The van der Waals surface area contributed by atoms with Crippen molar-refractivity contribution in [2.45, 2.75) is 13.0 Å². The number of hydrogen-bond donors (Lipinski definition) is 2. The van der Waals surface area contributed by atoms with Crippen LogP contribution in [0.2, 0.25) is 0 Å². The number of amides is 1. The number of carbonyl (C=O) groups is 1. The van der Waals surface area contributed by atoms with Crippen LogP contribution in [0.3, 0.4) is 0 Å². The number of aliphatic hydroxyl groups excluding tert-OH is 1. The van der Waals surface area contributed by atoms with Gasteiger partial charge in [-0.2, -0.15) is 0 Å². The summed E-state index contributed by atoms with van der Waals surface area (Å²) in [4.78, 5) is 11.4. The van der Waals surface area contributed by atoms with E-state index in [1.54, 1.807) is 6.92 Å². The van der Waals surface area contributed by atoms with E-state index < -0.39 is 0 Å². The van der Waals surface area contributed by atoms with Gasteiger partial charge in [0.25, 0.3) is 0 Å². The van der Waals surface area contributed by atoms with E-state index >= 15 is 0 Å². The van der Waals surface area contributed by atoms with Crippen molar-refractivity contribution in [2.24, 2.45) is 0 Å². The van der Waals surface area contributed by atoms with Gasteiger partial charge in [0.05, 0.1) is 48.3 Å². The fourth-order valence-electron chi connectivity index (χ4n) is 1.97. The summed E-state index contributed by atoms with van der Waals surface area (Å²) in [7, 11) is 10.3. The van der Waals surface area contributed by atoms with Gasteiger partial charge in [-0.25, -0.2) is 0 Å². The Hall–Kier alpha value is -0.330. The third-order valence-electron chi connectivity index (χ3n) is 2.85. The molecule has 0 heterocycles. The van der Waals surface area contributed by atoms with E-state index in [-0.39, 0.29) is 36.8 Å². The monoisotopic (exact) mass is 343 g/mol. The topological polar surface area (TPSA) is 49.3 Å². The fourth-order valence-corrected chi connectivity index (χ4v) is 1.97. The Bertz CT molecular complexity index is 329. The molecule has 0 bridgehead atoms. The van der Waals surface area contributed by atoms with Crippen molar-refractivity contribution >= 4 is 5.91 Å². The predicted molar refractivity (Wildman–Crippen MR) is 78.6 cm³/mol. The number of carbonyl (C=O) groups excluding carboxylic acids is 1. The molecule has 0 aliphatic carbocycles. The van der Waals surface area contributed by atoms with Gasteiger partial charge in [0.1, 0.15) is 13.1 Å². The molecular formula is C14H31Cl2N3O2. The van der Waals surface area contributed by atoms with Crippen LogP contribution < -0.4 is 30.1 Å². The zero-order chi connectivity index (χ0) is 15.3. The molecule has 0 saturated carbocycles. The maximum atomic E-state index is 11.4. The first-order valence-electron chi connectivity index (χ1n) is 6.67. The summed E-state index contributed by atoms with van der Waals surface area (Å²) in [6.07, 6.45) is -0.341. The van der Waals surface area contributed by atoms with Crippen molar-refractivity contribution in [1.82, 2.24) is 5.32 Å². The Labute approximate surface area is 142 Å². The summed E-state index contributed by atoms with van der Waals surface area (Å²) in [5, 5.41) is 12.9. The summed E-state index contributed by atoms with van der Waals surface area (Å²) < 4.78 is 1.42. The van der Waals surface area contributed by atoms with Crippen LogP contribution in [-0.2, 0) is 4.79 Å². The van der Waals surface area contributed by atoms with Crippen LogP contribution in [0.25, 0.3) is 0 Å². The first-order chi connectivity index (χ1) is 8.43. The van der Waals surface area contributed by atoms with Crippen molar-refractivity contribution in [2.75, 3.05) is 61.4 Å². The standard InChI is InChI=1S/C14H30N3O2.2ClH/c1-12(2)14(19)15-8-9-17(6,7)11-13(18)10-16(3,4)5;;/h13,18H,1,8-11H2,2-7H3;2*1H/q+1;;/p-1. The lowest BCUT2D eigenvalue weighted by molar-refractivity contribution is -0.906. The number of hydrogen-bond acceptors (Lipinski definition) is 2. The number of nitrogens with one attached hydrogen (secondary N) is 1. The molecule has 0 radical (unpaired) electrons. The smallest absolute Gasteiger partial charge is 0.246 e. The van der Waals surface area contributed by atoms with Gasteiger partial charge in [0, 0.05) is 5.57 Å². The molecule has 0 aromatic rings. The van der Waals surface area contributed by atoms with Gasteiger partial charge in [-0.05, 0) is 6.92 Å². The lowest BCUT2D eigenvalue weighted by Gasteiger charge is -2.34. The highest BCUT2D eigenvalue weighted by atomic mass is 35.5. The predicted octanol–water partition coefficient (Wildman–Crippen LogP) is -6.17. The Morgan fingerprint density at radius 3 is 2.00 bits per heavy atom. The first-order valence-corrected chi connectivity index (χ1v) is 6.67. The molecule has 0 rings (SSSR count). The highest BCUT2D eigenvalue weighted by Crippen LogP contribution is 2.03. The third kappa shape index (κ3) is 14.4. The molecule has 1 unspecified atom stereocenters. The van der Waals surface area contributed by atoms with E-state index in [0.717, 1.165) is 17.6 Å². The summed E-state index contributed by atoms with van der Waals surface area (Å²) in [5.74, 6) is -0.105. The van der Waals surface area contributed by atoms with Crippen LogP contribution in [0, 0.1) is 0 Å². The van der Waals surface area contributed by atoms with Gasteiger partial charge in [-0.15, -0.1) is 0 Å². The molecule has 0 aliphatic rings. The average molecular weight is 344 g/mol. The molecule has 0 aromatic carbocycles. The molecule has 128 valence electrons. The summed E-state index contributed by atoms with van der Waals surface area (Å²) >= 11 is 0. The molecule has 1 amide bonds. The maximum Gasteiger partial charge on any atom is 0.246 e. The van der Waals surface area contributed by atoms with E-state index in [0.29, 0.717) is 23.1 Å². The van der Waals surface area contributed by atoms with Gasteiger partial charge >= 0.3 is 0 Å². The molecule has 2 N–H and O–H groups in total. The zero-order valence-corrected chi connectivity index (χ0v) is 15.6. The minimum absolute atomic E-state index is 0. The van der Waals surface area contributed by atoms with Crippen LogP contribution >= 0.6 is 0 Å². The number of aliphatic hydroxyl groups is 1. The third-order valence-corrected chi connectivity index (χ3v) is 2.85. The van der Waals surface area contributed by atoms with Crippen LogP contribution in [0.15, 0.2) is 12.2 Å². The molecule has 5 nitrogen and oxygen atoms in total. The van der Waals surface area contributed by atoms with E-state index in [2.05, 4.69) is 47.1 Å². The van der Waals surface area contributed by atoms with Crippen molar-refractivity contribution in [1.29, 1.82) is 0 Å².